The molecule has 3 rings (SSSR count). The summed E-state index contributed by atoms with van der Waals surface area (Å²) in [5.41, 5.74) is 3.18. The minimum atomic E-state index is -0.162. The zero-order chi connectivity index (χ0) is 15.7. The third-order valence-electron chi connectivity index (χ3n) is 3.71. The first kappa shape index (κ1) is 14.6. The average molecular weight is 315 g/mol. The minimum Gasteiger partial charge on any atom is -0.346 e. The topological polar surface area (TPSA) is 58.2 Å². The maximum absolute atomic E-state index is 12.3. The zero-order valence-electron chi connectivity index (χ0n) is 12.0. The molecule has 2 amide bonds. The van der Waals surface area contributed by atoms with Gasteiger partial charge in [0.25, 0.3) is 5.91 Å². The number of rotatable bonds is 3. The van der Waals surface area contributed by atoms with Crippen molar-refractivity contribution in [1.82, 2.24) is 5.32 Å². The lowest BCUT2D eigenvalue weighted by Gasteiger charge is -2.15. The van der Waals surface area contributed by atoms with Gasteiger partial charge in [-0.25, -0.2) is 0 Å². The monoisotopic (exact) mass is 314 g/mol. The predicted octanol–water partition coefficient (Wildman–Crippen LogP) is 3.33. The van der Waals surface area contributed by atoms with E-state index in [0.29, 0.717) is 17.0 Å². The van der Waals surface area contributed by atoms with Crippen LogP contribution in [-0.2, 0) is 11.2 Å². The van der Waals surface area contributed by atoms with Gasteiger partial charge in [0.05, 0.1) is 12.5 Å². The van der Waals surface area contributed by atoms with Crippen molar-refractivity contribution >= 4 is 29.1 Å². The van der Waals surface area contributed by atoms with E-state index >= 15 is 0 Å². The van der Waals surface area contributed by atoms with Gasteiger partial charge in [-0.1, -0.05) is 23.7 Å². The molecule has 0 saturated carbocycles. The highest BCUT2D eigenvalue weighted by molar-refractivity contribution is 6.30. The molecule has 4 nitrogen and oxygen atoms in total. The molecule has 0 fully saturated rings. The summed E-state index contributed by atoms with van der Waals surface area (Å²) >= 11 is 5.86. The van der Waals surface area contributed by atoms with Crippen molar-refractivity contribution in [3.05, 3.63) is 64.2 Å². The van der Waals surface area contributed by atoms with E-state index in [2.05, 4.69) is 10.6 Å². The highest BCUT2D eigenvalue weighted by atomic mass is 35.5. The quantitative estimate of drug-likeness (QED) is 0.913. The van der Waals surface area contributed by atoms with Gasteiger partial charge in [-0.15, -0.1) is 0 Å². The molecule has 2 aromatic rings. The fourth-order valence-electron chi connectivity index (χ4n) is 2.49. The Morgan fingerprint density at radius 1 is 1.23 bits per heavy atom. The summed E-state index contributed by atoms with van der Waals surface area (Å²) in [5.74, 6) is -0.202. The molecule has 0 saturated heterocycles. The Kier molecular flexibility index (Phi) is 3.86. The normalized spacial score (nSPS) is 14.2. The Morgan fingerprint density at radius 3 is 2.68 bits per heavy atom. The van der Waals surface area contributed by atoms with Crippen LogP contribution in [0.5, 0.6) is 0 Å². The van der Waals surface area contributed by atoms with Crippen molar-refractivity contribution in [2.75, 3.05) is 5.32 Å². The molecule has 0 aliphatic carbocycles. The summed E-state index contributed by atoms with van der Waals surface area (Å²) in [5, 5.41) is 6.36. The smallest absolute Gasteiger partial charge is 0.251 e. The highest BCUT2D eigenvalue weighted by Gasteiger charge is 2.19. The largest absolute Gasteiger partial charge is 0.346 e. The lowest BCUT2D eigenvalue weighted by atomic mass is 10.1. The van der Waals surface area contributed by atoms with E-state index in [1.807, 2.05) is 19.1 Å². The molecule has 22 heavy (non-hydrogen) atoms. The van der Waals surface area contributed by atoms with Crippen LogP contribution in [0.2, 0.25) is 5.02 Å². The van der Waals surface area contributed by atoms with Crippen LogP contribution in [0.25, 0.3) is 0 Å². The number of hydrogen-bond donors (Lipinski definition) is 2. The first-order valence-corrected chi connectivity index (χ1v) is 7.40. The van der Waals surface area contributed by atoms with Gasteiger partial charge in [-0.05, 0) is 48.4 Å². The van der Waals surface area contributed by atoms with E-state index in [9.17, 15) is 9.59 Å². The molecule has 0 aromatic heterocycles. The van der Waals surface area contributed by atoms with Crippen LogP contribution in [0, 0.1) is 0 Å². The molecule has 112 valence electrons. The third kappa shape index (κ3) is 2.97. The summed E-state index contributed by atoms with van der Waals surface area (Å²) in [6.45, 7) is 1.92. The summed E-state index contributed by atoms with van der Waals surface area (Å²) in [6.07, 6.45) is 0.323. The fourth-order valence-corrected chi connectivity index (χ4v) is 2.61. The molecule has 2 aromatic carbocycles. The number of hydrogen-bond acceptors (Lipinski definition) is 2. The number of carbonyl (C=O) groups excluding carboxylic acids is 2. The Hall–Kier alpha value is -2.33. The SMILES string of the molecule is C[C@@H](NC(=O)c1ccc2c(c1)CC(=O)N2)c1ccc(Cl)cc1. The van der Waals surface area contributed by atoms with Crippen LogP contribution in [-0.4, -0.2) is 11.8 Å². The molecule has 0 unspecified atom stereocenters. The van der Waals surface area contributed by atoms with Gasteiger partial charge in [0.2, 0.25) is 5.91 Å². The van der Waals surface area contributed by atoms with Gasteiger partial charge in [-0.2, -0.15) is 0 Å². The number of carbonyl (C=O) groups is 2. The van der Waals surface area contributed by atoms with Gasteiger partial charge >= 0.3 is 0 Å². The fraction of sp³-hybridized carbons (Fsp3) is 0.176. The molecule has 1 aliphatic rings. The van der Waals surface area contributed by atoms with E-state index in [4.69, 9.17) is 11.6 Å². The molecule has 1 aliphatic heterocycles. The van der Waals surface area contributed by atoms with E-state index < -0.39 is 0 Å². The standard InChI is InChI=1S/C17H15ClN2O2/c1-10(11-2-5-14(18)6-3-11)19-17(22)12-4-7-15-13(8-12)9-16(21)20-15/h2-8,10H,9H2,1H3,(H,19,22)(H,20,21)/t10-/m1/s1. The number of benzene rings is 2. The maximum Gasteiger partial charge on any atom is 0.251 e. The summed E-state index contributed by atoms with van der Waals surface area (Å²) < 4.78 is 0. The lowest BCUT2D eigenvalue weighted by Crippen LogP contribution is -2.26. The van der Waals surface area contributed by atoms with Crippen molar-refractivity contribution in [1.29, 1.82) is 0 Å². The van der Waals surface area contributed by atoms with Crippen LogP contribution in [0.4, 0.5) is 5.69 Å². The van der Waals surface area contributed by atoms with Crippen LogP contribution in [0.3, 0.4) is 0 Å². The molecule has 0 spiro atoms. The molecule has 5 heteroatoms. The number of fused-ring (bicyclic) bond motifs is 1. The first-order valence-electron chi connectivity index (χ1n) is 7.02. The molecule has 0 bridgehead atoms. The van der Waals surface area contributed by atoms with Gasteiger partial charge in [0, 0.05) is 16.3 Å². The number of nitrogens with one attached hydrogen (secondary N) is 2. The minimum absolute atomic E-state index is 0.0397. The number of anilines is 1. The predicted molar refractivity (Wildman–Crippen MR) is 86.1 cm³/mol. The maximum atomic E-state index is 12.3. The van der Waals surface area contributed by atoms with Crippen molar-refractivity contribution in [2.45, 2.75) is 19.4 Å². The lowest BCUT2D eigenvalue weighted by molar-refractivity contribution is -0.115. The summed E-state index contributed by atoms with van der Waals surface area (Å²) in [6, 6.07) is 12.5. The molecule has 0 radical (unpaired) electrons. The highest BCUT2D eigenvalue weighted by Crippen LogP contribution is 2.24. The van der Waals surface area contributed by atoms with Gasteiger partial charge in [0.1, 0.15) is 0 Å². The van der Waals surface area contributed by atoms with E-state index in [-0.39, 0.29) is 17.9 Å². The summed E-state index contributed by atoms with van der Waals surface area (Å²) in [7, 11) is 0. The molecular formula is C17H15ClN2O2. The van der Waals surface area contributed by atoms with Crippen molar-refractivity contribution in [2.24, 2.45) is 0 Å². The van der Waals surface area contributed by atoms with Gasteiger partial charge in [0.15, 0.2) is 0 Å². The Labute approximate surface area is 133 Å². The van der Waals surface area contributed by atoms with E-state index in [0.717, 1.165) is 16.8 Å². The molecule has 1 heterocycles. The zero-order valence-corrected chi connectivity index (χ0v) is 12.8. The average Bonchev–Trinajstić information content (AvgIpc) is 2.86. The Balaban J connectivity index is 1.73. The van der Waals surface area contributed by atoms with Gasteiger partial charge < -0.3 is 10.6 Å². The van der Waals surface area contributed by atoms with E-state index in [1.54, 1.807) is 30.3 Å². The van der Waals surface area contributed by atoms with Crippen LogP contribution < -0.4 is 10.6 Å². The molecule has 1 atom stereocenters. The van der Waals surface area contributed by atoms with Crippen LogP contribution in [0.1, 0.15) is 34.5 Å². The Morgan fingerprint density at radius 2 is 1.95 bits per heavy atom. The van der Waals surface area contributed by atoms with Gasteiger partial charge in [-0.3, -0.25) is 9.59 Å². The molecular weight excluding hydrogens is 300 g/mol. The van der Waals surface area contributed by atoms with Crippen LogP contribution in [0.15, 0.2) is 42.5 Å². The second-order valence-electron chi connectivity index (χ2n) is 5.34. The van der Waals surface area contributed by atoms with E-state index in [1.165, 1.54) is 0 Å². The third-order valence-corrected chi connectivity index (χ3v) is 3.96. The molecule has 2 N–H and O–H groups in total. The van der Waals surface area contributed by atoms with Crippen molar-refractivity contribution in [3.8, 4) is 0 Å². The van der Waals surface area contributed by atoms with Crippen molar-refractivity contribution in [3.63, 3.8) is 0 Å². The van der Waals surface area contributed by atoms with Crippen molar-refractivity contribution < 1.29 is 9.59 Å². The number of halogens is 1. The number of amides is 2. The van der Waals surface area contributed by atoms with Crippen LogP contribution >= 0.6 is 11.6 Å². The second kappa shape index (κ2) is 5.81. The first-order chi connectivity index (χ1) is 10.5. The Bertz CT molecular complexity index is 741. The second-order valence-corrected chi connectivity index (χ2v) is 5.78. The summed E-state index contributed by atoms with van der Waals surface area (Å²) in [4.78, 5) is 23.7.